The minimum Gasteiger partial charge on any atom is -0.462 e. The number of ether oxygens (including phenoxy) is 3. The standard InChI is InChI=1S/C30H56O7/c1-3-5-7-9-11-13-15-17-19-21-27(32)35-24-26(30-29(34)25(31)23-36-30)37-28(33)22-20-18-16-14-12-10-8-6-4-2/h25-26,29-31,34H,3-24H2,1-2H3. The minimum atomic E-state index is -1.18. The van der Waals surface area contributed by atoms with E-state index >= 15 is 0 Å². The van der Waals surface area contributed by atoms with Gasteiger partial charge in [-0.2, -0.15) is 0 Å². The van der Waals surface area contributed by atoms with Gasteiger partial charge in [-0.1, -0.05) is 117 Å². The van der Waals surface area contributed by atoms with Gasteiger partial charge in [0.1, 0.15) is 24.9 Å². The summed E-state index contributed by atoms with van der Waals surface area (Å²) in [6.07, 6.45) is 17.5. The highest BCUT2D eigenvalue weighted by Gasteiger charge is 2.42. The lowest BCUT2D eigenvalue weighted by molar-refractivity contribution is -0.170. The van der Waals surface area contributed by atoms with Crippen LogP contribution in [0, 0.1) is 0 Å². The average molecular weight is 529 g/mol. The molecule has 1 rings (SSSR count). The van der Waals surface area contributed by atoms with Crippen LogP contribution in [-0.2, 0) is 23.8 Å². The third-order valence-corrected chi connectivity index (χ3v) is 7.22. The van der Waals surface area contributed by atoms with Crippen molar-refractivity contribution in [3.05, 3.63) is 0 Å². The van der Waals surface area contributed by atoms with Gasteiger partial charge < -0.3 is 24.4 Å². The van der Waals surface area contributed by atoms with Gasteiger partial charge in [-0.15, -0.1) is 0 Å². The summed E-state index contributed by atoms with van der Waals surface area (Å²) in [7, 11) is 0. The first-order valence-corrected chi connectivity index (χ1v) is 15.3. The van der Waals surface area contributed by atoms with E-state index in [2.05, 4.69) is 13.8 Å². The zero-order valence-corrected chi connectivity index (χ0v) is 23.8. The molecule has 0 saturated carbocycles. The number of hydrogen-bond acceptors (Lipinski definition) is 7. The molecule has 0 radical (unpaired) electrons. The smallest absolute Gasteiger partial charge is 0.306 e. The van der Waals surface area contributed by atoms with E-state index in [4.69, 9.17) is 14.2 Å². The van der Waals surface area contributed by atoms with E-state index < -0.39 is 24.4 Å². The molecule has 0 aliphatic carbocycles. The van der Waals surface area contributed by atoms with Crippen LogP contribution < -0.4 is 0 Å². The largest absolute Gasteiger partial charge is 0.462 e. The van der Waals surface area contributed by atoms with Crippen LogP contribution in [-0.4, -0.2) is 59.8 Å². The molecule has 2 N–H and O–H groups in total. The number of rotatable bonds is 24. The highest BCUT2D eigenvalue weighted by molar-refractivity contribution is 5.70. The van der Waals surface area contributed by atoms with Crippen LogP contribution in [0.25, 0.3) is 0 Å². The van der Waals surface area contributed by atoms with Crippen LogP contribution in [0.2, 0.25) is 0 Å². The predicted octanol–water partition coefficient (Wildman–Crippen LogP) is 6.40. The molecule has 4 unspecified atom stereocenters. The highest BCUT2D eigenvalue weighted by Crippen LogP contribution is 2.21. The number of aliphatic hydroxyl groups is 2. The van der Waals surface area contributed by atoms with Crippen LogP contribution >= 0.6 is 0 Å². The molecule has 1 aliphatic rings. The topological polar surface area (TPSA) is 102 Å². The SMILES string of the molecule is CCCCCCCCCCCC(=O)OCC(OC(=O)CCCCCCCCCCC)C1OCC(O)C1O. The van der Waals surface area contributed by atoms with Crippen molar-refractivity contribution >= 4 is 11.9 Å². The number of aliphatic hydroxyl groups excluding tert-OH is 2. The summed E-state index contributed by atoms with van der Waals surface area (Å²) in [5.41, 5.74) is 0. The molecule has 37 heavy (non-hydrogen) atoms. The summed E-state index contributed by atoms with van der Waals surface area (Å²) in [6.45, 7) is 4.23. The lowest BCUT2D eigenvalue weighted by Crippen LogP contribution is -2.44. The average Bonchev–Trinajstić information content (AvgIpc) is 3.22. The van der Waals surface area contributed by atoms with Crippen LogP contribution in [0.15, 0.2) is 0 Å². The first-order chi connectivity index (χ1) is 18.0. The third-order valence-electron chi connectivity index (χ3n) is 7.22. The lowest BCUT2D eigenvalue weighted by atomic mass is 10.1. The molecule has 0 spiro atoms. The Morgan fingerprint density at radius 3 is 1.57 bits per heavy atom. The van der Waals surface area contributed by atoms with Crippen LogP contribution in [0.5, 0.6) is 0 Å². The van der Waals surface area contributed by atoms with Gasteiger partial charge in [-0.05, 0) is 12.8 Å². The summed E-state index contributed by atoms with van der Waals surface area (Å²) >= 11 is 0. The molecule has 0 aromatic heterocycles. The van der Waals surface area contributed by atoms with E-state index in [1.165, 1.54) is 77.0 Å². The molecule has 1 heterocycles. The molecule has 4 atom stereocenters. The molecule has 1 fully saturated rings. The van der Waals surface area contributed by atoms with Gasteiger partial charge in [0, 0.05) is 12.8 Å². The zero-order valence-electron chi connectivity index (χ0n) is 23.8. The Kier molecular flexibility index (Phi) is 20.8. The van der Waals surface area contributed by atoms with Crippen molar-refractivity contribution in [2.24, 2.45) is 0 Å². The zero-order chi connectivity index (χ0) is 27.1. The van der Waals surface area contributed by atoms with E-state index in [9.17, 15) is 19.8 Å². The first-order valence-electron chi connectivity index (χ1n) is 15.3. The van der Waals surface area contributed by atoms with Crippen molar-refractivity contribution in [2.75, 3.05) is 13.2 Å². The molecule has 0 amide bonds. The summed E-state index contributed by atoms with van der Waals surface area (Å²) in [5.74, 6) is -0.726. The fourth-order valence-corrected chi connectivity index (χ4v) is 4.78. The molecule has 1 saturated heterocycles. The quantitative estimate of drug-likeness (QED) is 0.110. The van der Waals surface area contributed by atoms with Gasteiger partial charge in [0.15, 0.2) is 6.10 Å². The van der Waals surface area contributed by atoms with Gasteiger partial charge in [0.2, 0.25) is 0 Å². The Morgan fingerprint density at radius 2 is 1.14 bits per heavy atom. The van der Waals surface area contributed by atoms with E-state index in [0.29, 0.717) is 6.42 Å². The lowest BCUT2D eigenvalue weighted by Gasteiger charge is -2.25. The van der Waals surface area contributed by atoms with Crippen LogP contribution in [0.1, 0.15) is 142 Å². The second-order valence-corrected chi connectivity index (χ2v) is 10.7. The van der Waals surface area contributed by atoms with E-state index in [1.54, 1.807) is 0 Å². The van der Waals surface area contributed by atoms with E-state index in [-0.39, 0.29) is 31.6 Å². The Morgan fingerprint density at radius 1 is 0.703 bits per heavy atom. The van der Waals surface area contributed by atoms with Crippen LogP contribution in [0.4, 0.5) is 0 Å². The maximum atomic E-state index is 12.4. The van der Waals surface area contributed by atoms with Crippen molar-refractivity contribution in [3.63, 3.8) is 0 Å². The van der Waals surface area contributed by atoms with Gasteiger partial charge in [0.25, 0.3) is 0 Å². The number of carbonyl (C=O) groups excluding carboxylic acids is 2. The molecular weight excluding hydrogens is 472 g/mol. The fourth-order valence-electron chi connectivity index (χ4n) is 4.78. The van der Waals surface area contributed by atoms with Crippen LogP contribution in [0.3, 0.4) is 0 Å². The Bertz CT molecular complexity index is 568. The summed E-state index contributed by atoms with van der Waals surface area (Å²) in [4.78, 5) is 24.7. The van der Waals surface area contributed by atoms with E-state index in [0.717, 1.165) is 38.5 Å². The van der Waals surface area contributed by atoms with Gasteiger partial charge >= 0.3 is 11.9 Å². The van der Waals surface area contributed by atoms with Crippen molar-refractivity contribution in [2.45, 2.75) is 167 Å². The summed E-state index contributed by atoms with van der Waals surface area (Å²) in [5, 5.41) is 20.1. The Balaban J connectivity index is 2.27. The fraction of sp³-hybridized carbons (Fsp3) is 0.933. The van der Waals surface area contributed by atoms with Gasteiger partial charge in [-0.3, -0.25) is 9.59 Å². The van der Waals surface area contributed by atoms with Crippen molar-refractivity contribution in [1.29, 1.82) is 0 Å². The Hall–Kier alpha value is -1.18. The molecular formula is C30H56O7. The molecule has 0 aromatic carbocycles. The number of carbonyl (C=O) groups is 2. The van der Waals surface area contributed by atoms with E-state index in [1.807, 2.05) is 0 Å². The monoisotopic (exact) mass is 528 g/mol. The molecule has 7 heteroatoms. The maximum absolute atomic E-state index is 12.4. The summed E-state index contributed by atoms with van der Waals surface area (Å²) in [6, 6.07) is 0. The molecule has 218 valence electrons. The highest BCUT2D eigenvalue weighted by atomic mass is 16.6. The summed E-state index contributed by atoms with van der Waals surface area (Å²) < 4.78 is 16.4. The minimum absolute atomic E-state index is 0.0372. The third kappa shape index (κ3) is 17.1. The Labute approximate surface area is 226 Å². The predicted molar refractivity (Wildman–Crippen MR) is 146 cm³/mol. The maximum Gasteiger partial charge on any atom is 0.306 e. The number of unbranched alkanes of at least 4 members (excludes halogenated alkanes) is 16. The molecule has 1 aliphatic heterocycles. The first kappa shape index (κ1) is 33.8. The second kappa shape index (κ2) is 22.8. The molecule has 0 bridgehead atoms. The van der Waals surface area contributed by atoms with Crippen molar-refractivity contribution in [3.8, 4) is 0 Å². The normalized spacial score (nSPS) is 20.2. The molecule has 0 aromatic rings. The number of hydrogen-bond donors (Lipinski definition) is 2. The van der Waals surface area contributed by atoms with Crippen molar-refractivity contribution < 1.29 is 34.0 Å². The second-order valence-electron chi connectivity index (χ2n) is 10.7. The molecule has 7 nitrogen and oxygen atoms in total. The van der Waals surface area contributed by atoms with Gasteiger partial charge in [0.05, 0.1) is 6.61 Å². The van der Waals surface area contributed by atoms with Gasteiger partial charge in [-0.25, -0.2) is 0 Å². The van der Waals surface area contributed by atoms with Crippen molar-refractivity contribution in [1.82, 2.24) is 0 Å². The number of esters is 2.